The lowest BCUT2D eigenvalue weighted by Gasteiger charge is -2.10. The molecule has 1 saturated carbocycles. The van der Waals surface area contributed by atoms with Crippen LogP contribution in [0.2, 0.25) is 0 Å². The van der Waals surface area contributed by atoms with Crippen molar-refractivity contribution in [1.82, 2.24) is 4.98 Å². The van der Waals surface area contributed by atoms with Gasteiger partial charge in [0, 0.05) is 29.3 Å². The van der Waals surface area contributed by atoms with Crippen LogP contribution in [0.4, 0.5) is 11.4 Å². The SMILES string of the molecule is CC.Cc1c(C#N)cnc(C(=O)Nc2ccc(N)c(C=N)c2)c1C.c1ccc(C2CC2)cc1. The van der Waals surface area contributed by atoms with Gasteiger partial charge in [0.2, 0.25) is 0 Å². The molecule has 1 fully saturated rings. The lowest BCUT2D eigenvalue weighted by Crippen LogP contribution is -2.16. The summed E-state index contributed by atoms with van der Waals surface area (Å²) < 4.78 is 0. The normalized spacial score (nSPS) is 11.6. The first kappa shape index (κ1) is 25.3. The van der Waals surface area contributed by atoms with Crippen LogP contribution in [0.3, 0.4) is 0 Å². The molecule has 33 heavy (non-hydrogen) atoms. The number of nitrogens with zero attached hydrogens (tertiary/aromatic N) is 2. The van der Waals surface area contributed by atoms with E-state index < -0.39 is 0 Å². The number of amides is 1. The third kappa shape index (κ3) is 6.75. The molecular weight excluding hydrogens is 410 g/mol. The van der Waals surface area contributed by atoms with Crippen molar-refractivity contribution in [3.63, 3.8) is 0 Å². The van der Waals surface area contributed by atoms with Crippen molar-refractivity contribution in [3.8, 4) is 6.07 Å². The molecule has 0 bridgehead atoms. The first-order valence-electron chi connectivity index (χ1n) is 11.1. The highest BCUT2D eigenvalue weighted by Crippen LogP contribution is 2.39. The minimum absolute atomic E-state index is 0.268. The molecule has 1 aromatic heterocycles. The lowest BCUT2D eigenvalue weighted by molar-refractivity contribution is 0.102. The smallest absolute Gasteiger partial charge is 0.274 e. The van der Waals surface area contributed by atoms with E-state index in [9.17, 15) is 4.79 Å². The van der Waals surface area contributed by atoms with Gasteiger partial charge in [0.15, 0.2) is 0 Å². The third-order valence-electron chi connectivity index (χ3n) is 5.33. The number of aromatic nitrogens is 1. The molecule has 0 saturated heterocycles. The summed E-state index contributed by atoms with van der Waals surface area (Å²) in [6.45, 7) is 7.53. The molecule has 0 radical (unpaired) electrons. The quantitative estimate of drug-likeness (QED) is 0.340. The van der Waals surface area contributed by atoms with Crippen LogP contribution in [0, 0.1) is 30.6 Å². The Hall–Kier alpha value is -3.98. The molecule has 0 atom stereocenters. The number of hydrogen-bond donors (Lipinski definition) is 3. The van der Waals surface area contributed by atoms with E-state index in [0.717, 1.165) is 17.7 Å². The van der Waals surface area contributed by atoms with Gasteiger partial charge >= 0.3 is 0 Å². The van der Waals surface area contributed by atoms with Crippen LogP contribution in [-0.2, 0) is 0 Å². The van der Waals surface area contributed by atoms with Crippen molar-refractivity contribution >= 4 is 23.5 Å². The number of rotatable bonds is 4. The summed E-state index contributed by atoms with van der Waals surface area (Å²) in [6.07, 6.45) is 5.33. The van der Waals surface area contributed by atoms with Crippen molar-refractivity contribution in [1.29, 1.82) is 10.7 Å². The Morgan fingerprint density at radius 3 is 2.39 bits per heavy atom. The number of nitriles is 1. The Kier molecular flexibility index (Phi) is 9.31. The van der Waals surface area contributed by atoms with Crippen LogP contribution in [0.15, 0.2) is 54.7 Å². The minimum atomic E-state index is -0.370. The first-order chi connectivity index (χ1) is 15.9. The van der Waals surface area contributed by atoms with E-state index in [2.05, 4.69) is 40.6 Å². The molecule has 6 nitrogen and oxygen atoms in total. The maximum absolute atomic E-state index is 12.3. The lowest BCUT2D eigenvalue weighted by atomic mass is 10.0. The van der Waals surface area contributed by atoms with Crippen LogP contribution in [0.25, 0.3) is 0 Å². The van der Waals surface area contributed by atoms with Gasteiger partial charge in [-0.2, -0.15) is 5.26 Å². The monoisotopic (exact) mass is 441 g/mol. The number of anilines is 2. The van der Waals surface area contributed by atoms with E-state index in [1.807, 2.05) is 19.9 Å². The van der Waals surface area contributed by atoms with Gasteiger partial charge in [-0.3, -0.25) is 4.79 Å². The maximum Gasteiger partial charge on any atom is 0.274 e. The second kappa shape index (κ2) is 12.2. The number of pyridine rings is 1. The fourth-order valence-corrected chi connectivity index (χ4v) is 3.15. The molecule has 3 aromatic rings. The molecule has 0 unspecified atom stereocenters. The molecule has 0 spiro atoms. The molecule has 0 aliphatic heterocycles. The van der Waals surface area contributed by atoms with Crippen molar-refractivity contribution in [3.05, 3.63) is 88.2 Å². The molecule has 2 aromatic carbocycles. The highest BCUT2D eigenvalue weighted by Gasteiger charge is 2.22. The Labute approximate surface area is 196 Å². The summed E-state index contributed by atoms with van der Waals surface area (Å²) in [5, 5.41) is 19.0. The van der Waals surface area contributed by atoms with Crippen molar-refractivity contribution in [2.24, 2.45) is 0 Å². The summed E-state index contributed by atoms with van der Waals surface area (Å²) in [6, 6.07) is 17.7. The Morgan fingerprint density at radius 2 is 1.82 bits per heavy atom. The summed E-state index contributed by atoms with van der Waals surface area (Å²) in [5.41, 5.74) is 10.9. The van der Waals surface area contributed by atoms with E-state index >= 15 is 0 Å². The molecule has 170 valence electrons. The number of carbonyl (C=O) groups excluding carboxylic acids is 1. The number of nitrogen functional groups attached to an aromatic ring is 1. The summed E-state index contributed by atoms with van der Waals surface area (Å²) in [4.78, 5) is 16.4. The van der Waals surface area contributed by atoms with Crippen LogP contribution in [0.1, 0.15) is 70.9 Å². The fourth-order valence-electron chi connectivity index (χ4n) is 3.15. The van der Waals surface area contributed by atoms with Crippen molar-refractivity contribution in [2.45, 2.75) is 46.5 Å². The van der Waals surface area contributed by atoms with E-state index in [4.69, 9.17) is 16.4 Å². The average Bonchev–Trinajstić information content (AvgIpc) is 3.70. The predicted molar refractivity (Wildman–Crippen MR) is 135 cm³/mol. The maximum atomic E-state index is 12.3. The first-order valence-corrected chi connectivity index (χ1v) is 11.1. The third-order valence-corrected chi connectivity index (χ3v) is 5.33. The molecule has 1 heterocycles. The summed E-state index contributed by atoms with van der Waals surface area (Å²) in [7, 11) is 0. The number of benzene rings is 2. The van der Waals surface area contributed by atoms with Crippen LogP contribution in [-0.4, -0.2) is 17.1 Å². The van der Waals surface area contributed by atoms with E-state index in [0.29, 0.717) is 28.1 Å². The molecule has 1 aliphatic rings. The van der Waals surface area contributed by atoms with Gasteiger partial charge < -0.3 is 16.5 Å². The zero-order chi connectivity index (χ0) is 24.4. The number of nitrogens with one attached hydrogen (secondary N) is 2. The fraction of sp³-hybridized carbons (Fsp3) is 0.259. The second-order valence-electron chi connectivity index (χ2n) is 7.51. The number of nitrogens with two attached hydrogens (primary N) is 1. The standard InChI is InChI=1S/C16H15N5O.C9H10.C2H6/c1-9-10(2)15(20-8-12(9)7-18)16(22)21-13-3-4-14(19)11(5-13)6-17;1-2-4-8(5-3-1)9-6-7-9;1-2/h3-6,8,17H,19H2,1-2H3,(H,21,22);1-5,9H,6-7H2;1-2H3. The van der Waals surface area contributed by atoms with E-state index in [-0.39, 0.29) is 11.6 Å². The number of hydrogen-bond acceptors (Lipinski definition) is 5. The topological polar surface area (TPSA) is 116 Å². The predicted octanol–water partition coefficient (Wildman–Crippen LogP) is 5.99. The summed E-state index contributed by atoms with van der Waals surface area (Å²) in [5.74, 6) is 0.539. The Bertz CT molecular complexity index is 1150. The summed E-state index contributed by atoms with van der Waals surface area (Å²) >= 11 is 0. The van der Waals surface area contributed by atoms with Gasteiger partial charge in [0.25, 0.3) is 5.91 Å². The van der Waals surface area contributed by atoms with E-state index in [1.54, 1.807) is 32.0 Å². The number of carbonyl (C=O) groups is 1. The zero-order valence-corrected chi connectivity index (χ0v) is 19.6. The second-order valence-corrected chi connectivity index (χ2v) is 7.51. The van der Waals surface area contributed by atoms with E-state index in [1.165, 1.54) is 24.6 Å². The highest BCUT2D eigenvalue weighted by atomic mass is 16.1. The Morgan fingerprint density at radius 1 is 1.15 bits per heavy atom. The van der Waals surface area contributed by atoms with Crippen LogP contribution in [0.5, 0.6) is 0 Å². The molecule has 4 N–H and O–H groups in total. The molecule has 1 amide bonds. The van der Waals surface area contributed by atoms with Gasteiger partial charge in [0.1, 0.15) is 11.8 Å². The van der Waals surface area contributed by atoms with Crippen molar-refractivity contribution in [2.75, 3.05) is 11.1 Å². The van der Waals surface area contributed by atoms with Gasteiger partial charge in [-0.15, -0.1) is 0 Å². The van der Waals surface area contributed by atoms with Crippen molar-refractivity contribution < 1.29 is 4.79 Å². The largest absolute Gasteiger partial charge is 0.398 e. The average molecular weight is 442 g/mol. The molecule has 1 aliphatic carbocycles. The van der Waals surface area contributed by atoms with Crippen LogP contribution < -0.4 is 11.1 Å². The molecular formula is C27H31N5O. The van der Waals surface area contributed by atoms with Crippen LogP contribution >= 0.6 is 0 Å². The van der Waals surface area contributed by atoms with Gasteiger partial charge in [0.05, 0.1) is 5.56 Å². The molecule has 6 heteroatoms. The van der Waals surface area contributed by atoms with Gasteiger partial charge in [-0.1, -0.05) is 44.2 Å². The zero-order valence-electron chi connectivity index (χ0n) is 19.6. The molecule has 4 rings (SSSR count). The van der Waals surface area contributed by atoms with Gasteiger partial charge in [-0.25, -0.2) is 4.98 Å². The van der Waals surface area contributed by atoms with Gasteiger partial charge in [-0.05, 0) is 67.5 Å². The highest BCUT2D eigenvalue weighted by molar-refractivity contribution is 6.04. The minimum Gasteiger partial charge on any atom is -0.398 e. The Balaban J connectivity index is 0.000000288.